The molecular weight excluding hydrogens is 482 g/mol. The molecule has 0 amide bonds. The van der Waals surface area contributed by atoms with Crippen LogP contribution in [0.4, 0.5) is 0 Å². The number of ether oxygens (including phenoxy) is 3. The summed E-state index contributed by atoms with van der Waals surface area (Å²) in [5, 5.41) is 4.69. The van der Waals surface area contributed by atoms with Crippen molar-refractivity contribution < 1.29 is 19.0 Å². The van der Waals surface area contributed by atoms with Crippen LogP contribution in [0.2, 0.25) is 0 Å². The monoisotopic (exact) mass is 515 g/mol. The molecule has 2 aliphatic heterocycles. The smallest absolute Gasteiger partial charge is 0.337 e. The number of aromatic nitrogens is 4. The van der Waals surface area contributed by atoms with Crippen LogP contribution < -0.4 is 4.74 Å². The molecule has 0 saturated carbocycles. The molecule has 2 fully saturated rings. The number of carbonyl (C=O) groups is 1. The Morgan fingerprint density at radius 2 is 1.89 bits per heavy atom. The standard InChI is InChI=1S/C29H33N5O4/c1-36-29(35)22-7-8-25-26(17-22)33(18-24-12-16-37-24)27(30-25)19-32-13-9-23(10-14-32)34-15-11-28(31-34)38-20-21-5-3-2-4-6-21/h2-8,11,15,17,23-24H,9-10,12-14,16,18-20H2,1H3. The van der Waals surface area contributed by atoms with Gasteiger partial charge >= 0.3 is 5.97 Å². The summed E-state index contributed by atoms with van der Waals surface area (Å²) in [6.07, 6.45) is 5.28. The number of esters is 1. The third-order valence-corrected chi connectivity index (χ3v) is 7.54. The van der Waals surface area contributed by atoms with E-state index in [1.54, 1.807) is 6.07 Å². The Hall–Kier alpha value is -3.69. The van der Waals surface area contributed by atoms with Crippen LogP contribution in [0, 0.1) is 0 Å². The second-order valence-electron chi connectivity index (χ2n) is 10.0. The van der Waals surface area contributed by atoms with Gasteiger partial charge in [0.2, 0.25) is 5.88 Å². The summed E-state index contributed by atoms with van der Waals surface area (Å²) < 4.78 is 20.8. The van der Waals surface area contributed by atoms with E-state index in [1.807, 2.05) is 42.6 Å². The van der Waals surface area contributed by atoms with E-state index in [9.17, 15) is 4.79 Å². The average molecular weight is 516 g/mol. The van der Waals surface area contributed by atoms with Crippen molar-refractivity contribution in [2.45, 2.75) is 51.1 Å². The average Bonchev–Trinajstić information content (AvgIpc) is 3.54. The minimum absolute atomic E-state index is 0.191. The maximum Gasteiger partial charge on any atom is 0.337 e. The van der Waals surface area contributed by atoms with E-state index in [2.05, 4.69) is 31.4 Å². The zero-order chi connectivity index (χ0) is 25.9. The van der Waals surface area contributed by atoms with Crippen LogP contribution >= 0.6 is 0 Å². The Labute approximate surface area is 221 Å². The van der Waals surface area contributed by atoms with Gasteiger partial charge in [0.25, 0.3) is 0 Å². The predicted octanol–water partition coefficient (Wildman–Crippen LogP) is 4.22. The van der Waals surface area contributed by atoms with Crippen LogP contribution in [0.15, 0.2) is 60.8 Å². The molecule has 0 bridgehead atoms. The lowest BCUT2D eigenvalue weighted by molar-refractivity contribution is -0.0592. The molecule has 9 heteroatoms. The normalized spacial score (nSPS) is 18.4. The topological polar surface area (TPSA) is 83.6 Å². The second-order valence-corrected chi connectivity index (χ2v) is 10.0. The molecule has 2 aliphatic rings. The number of hydrogen-bond donors (Lipinski definition) is 0. The van der Waals surface area contributed by atoms with Crippen molar-refractivity contribution in [3.63, 3.8) is 0 Å². The number of piperidine rings is 1. The fraction of sp³-hybridized carbons (Fsp3) is 0.414. The van der Waals surface area contributed by atoms with Crippen LogP contribution in [0.25, 0.3) is 11.0 Å². The molecule has 1 unspecified atom stereocenters. The number of benzene rings is 2. The van der Waals surface area contributed by atoms with Crippen LogP contribution in [0.3, 0.4) is 0 Å². The Balaban J connectivity index is 1.10. The summed E-state index contributed by atoms with van der Waals surface area (Å²) in [5.74, 6) is 1.33. The molecule has 6 rings (SSSR count). The number of methoxy groups -OCH3 is 1. The molecule has 9 nitrogen and oxygen atoms in total. The van der Waals surface area contributed by atoms with E-state index in [1.165, 1.54) is 7.11 Å². The molecule has 2 aromatic carbocycles. The summed E-state index contributed by atoms with van der Waals surface area (Å²) in [4.78, 5) is 19.5. The highest BCUT2D eigenvalue weighted by atomic mass is 16.5. The zero-order valence-corrected chi connectivity index (χ0v) is 21.7. The fourth-order valence-electron chi connectivity index (χ4n) is 5.25. The van der Waals surface area contributed by atoms with Gasteiger partial charge in [0.1, 0.15) is 12.4 Å². The zero-order valence-electron chi connectivity index (χ0n) is 21.7. The van der Waals surface area contributed by atoms with Crippen molar-refractivity contribution >= 4 is 17.0 Å². The van der Waals surface area contributed by atoms with Crippen LogP contribution in [-0.2, 0) is 29.2 Å². The maximum absolute atomic E-state index is 12.1. The molecule has 2 saturated heterocycles. The summed E-state index contributed by atoms with van der Waals surface area (Å²) in [6, 6.07) is 18.0. The number of nitrogens with zero attached hydrogens (tertiary/aromatic N) is 5. The van der Waals surface area contributed by atoms with Gasteiger partial charge in [0.15, 0.2) is 0 Å². The lowest BCUT2D eigenvalue weighted by Gasteiger charge is -2.32. The number of likely N-dealkylation sites (tertiary alicyclic amines) is 1. The third kappa shape index (κ3) is 5.30. The van der Waals surface area contributed by atoms with Crippen molar-refractivity contribution in [3.8, 4) is 5.88 Å². The third-order valence-electron chi connectivity index (χ3n) is 7.54. The number of imidazole rings is 1. The molecule has 4 aromatic rings. The molecular formula is C29H33N5O4. The Kier molecular flexibility index (Phi) is 7.11. The Bertz CT molecular complexity index is 1390. The molecule has 4 heterocycles. The molecule has 38 heavy (non-hydrogen) atoms. The molecule has 0 spiro atoms. The fourth-order valence-corrected chi connectivity index (χ4v) is 5.25. The number of rotatable bonds is 9. The first-order valence-electron chi connectivity index (χ1n) is 13.3. The molecule has 198 valence electrons. The van der Waals surface area contributed by atoms with Crippen molar-refractivity contribution in [2.75, 3.05) is 26.8 Å². The highest BCUT2D eigenvalue weighted by Crippen LogP contribution is 2.27. The first-order valence-corrected chi connectivity index (χ1v) is 13.3. The molecule has 2 aromatic heterocycles. The molecule has 1 atom stereocenters. The van der Waals surface area contributed by atoms with Gasteiger partial charge in [-0.2, -0.15) is 0 Å². The van der Waals surface area contributed by atoms with Gasteiger partial charge in [-0.25, -0.2) is 9.78 Å². The van der Waals surface area contributed by atoms with Crippen LogP contribution in [-0.4, -0.2) is 63.1 Å². The number of hydrogen-bond acceptors (Lipinski definition) is 7. The van der Waals surface area contributed by atoms with E-state index >= 15 is 0 Å². The van der Waals surface area contributed by atoms with Gasteiger partial charge in [0, 0.05) is 32.0 Å². The van der Waals surface area contributed by atoms with Crippen LogP contribution in [0.5, 0.6) is 5.88 Å². The largest absolute Gasteiger partial charge is 0.472 e. The van der Waals surface area contributed by atoms with E-state index in [4.69, 9.17) is 19.2 Å². The van der Waals surface area contributed by atoms with Crippen molar-refractivity contribution in [3.05, 3.63) is 77.7 Å². The van der Waals surface area contributed by atoms with Gasteiger partial charge in [-0.3, -0.25) is 9.58 Å². The quantitative estimate of drug-likeness (QED) is 0.309. The van der Waals surface area contributed by atoms with E-state index in [-0.39, 0.29) is 12.1 Å². The van der Waals surface area contributed by atoms with Gasteiger partial charge in [-0.05, 0) is 43.0 Å². The highest BCUT2D eigenvalue weighted by molar-refractivity contribution is 5.93. The minimum atomic E-state index is -0.338. The van der Waals surface area contributed by atoms with Gasteiger partial charge in [-0.1, -0.05) is 30.3 Å². The van der Waals surface area contributed by atoms with Gasteiger partial charge in [-0.15, -0.1) is 5.10 Å². The summed E-state index contributed by atoms with van der Waals surface area (Å²) >= 11 is 0. The summed E-state index contributed by atoms with van der Waals surface area (Å²) in [5.41, 5.74) is 3.51. The maximum atomic E-state index is 12.1. The molecule has 0 N–H and O–H groups in total. The summed E-state index contributed by atoms with van der Waals surface area (Å²) in [7, 11) is 1.41. The lowest BCUT2D eigenvalue weighted by Crippen LogP contribution is -2.36. The van der Waals surface area contributed by atoms with Gasteiger partial charge in [0.05, 0.1) is 48.9 Å². The van der Waals surface area contributed by atoms with Crippen molar-refractivity contribution in [1.82, 2.24) is 24.2 Å². The Morgan fingerprint density at radius 1 is 1.08 bits per heavy atom. The van der Waals surface area contributed by atoms with E-state index < -0.39 is 0 Å². The van der Waals surface area contributed by atoms with Crippen LogP contribution in [0.1, 0.15) is 47.1 Å². The molecule has 0 aliphatic carbocycles. The second kappa shape index (κ2) is 11.0. The first kappa shape index (κ1) is 24.6. The minimum Gasteiger partial charge on any atom is -0.472 e. The Morgan fingerprint density at radius 3 is 2.63 bits per heavy atom. The number of fused-ring (bicyclic) bond motifs is 1. The molecule has 0 radical (unpaired) electrons. The highest BCUT2D eigenvalue weighted by Gasteiger charge is 2.26. The van der Waals surface area contributed by atoms with E-state index in [0.29, 0.717) is 24.1 Å². The van der Waals surface area contributed by atoms with Crippen molar-refractivity contribution in [2.24, 2.45) is 0 Å². The summed E-state index contributed by atoms with van der Waals surface area (Å²) in [6.45, 7) is 4.74. The first-order chi connectivity index (χ1) is 18.7. The lowest BCUT2D eigenvalue weighted by atomic mass is 10.1. The predicted molar refractivity (Wildman–Crippen MR) is 142 cm³/mol. The number of carbonyl (C=O) groups excluding carboxylic acids is 1. The van der Waals surface area contributed by atoms with Crippen molar-refractivity contribution in [1.29, 1.82) is 0 Å². The van der Waals surface area contributed by atoms with Gasteiger partial charge < -0.3 is 18.8 Å². The van der Waals surface area contributed by atoms with E-state index in [0.717, 1.165) is 74.5 Å². The SMILES string of the molecule is COC(=O)c1ccc2nc(CN3CCC(n4ccc(OCc5ccccc5)n4)CC3)n(CC3CCO3)c2c1.